The molecule has 0 atom stereocenters. The van der Waals surface area contributed by atoms with Gasteiger partial charge in [0.15, 0.2) is 11.5 Å². The van der Waals surface area contributed by atoms with Crippen LogP contribution >= 0.6 is 11.6 Å². The van der Waals surface area contributed by atoms with Crippen molar-refractivity contribution in [1.82, 2.24) is 5.16 Å². The van der Waals surface area contributed by atoms with E-state index in [2.05, 4.69) is 9.68 Å². The maximum atomic E-state index is 10.7. The summed E-state index contributed by atoms with van der Waals surface area (Å²) in [6, 6.07) is 4.64. The van der Waals surface area contributed by atoms with Crippen molar-refractivity contribution in [2.75, 3.05) is 6.79 Å². The summed E-state index contributed by atoms with van der Waals surface area (Å²) in [7, 11) is 0. The Balaban J connectivity index is 2.09. The molecule has 0 saturated heterocycles. The molecule has 92 valence electrons. The summed E-state index contributed by atoms with van der Waals surface area (Å²) in [6.45, 7) is 0.109. The normalized spacial score (nSPS) is 12.7. The minimum atomic E-state index is -1.19. The first-order chi connectivity index (χ1) is 8.66. The highest BCUT2D eigenvalue weighted by molar-refractivity contribution is 6.35. The van der Waals surface area contributed by atoms with E-state index in [0.29, 0.717) is 27.8 Å². The summed E-state index contributed by atoms with van der Waals surface area (Å²) >= 11 is 6.14. The van der Waals surface area contributed by atoms with Gasteiger partial charge in [0.05, 0.1) is 5.02 Å². The Morgan fingerprint density at radius 1 is 1.39 bits per heavy atom. The molecule has 3 rings (SSSR count). The fourth-order valence-electron chi connectivity index (χ4n) is 1.64. The van der Waals surface area contributed by atoms with Crippen LogP contribution in [0.5, 0.6) is 11.5 Å². The number of carbonyl (C=O) groups is 1. The second kappa shape index (κ2) is 3.92. The van der Waals surface area contributed by atoms with E-state index >= 15 is 0 Å². The number of carboxylic acid groups (broad SMARTS) is 1. The van der Waals surface area contributed by atoms with Gasteiger partial charge in [-0.15, -0.1) is 0 Å². The van der Waals surface area contributed by atoms with Gasteiger partial charge in [0.25, 0.3) is 0 Å². The molecule has 6 nitrogen and oxygen atoms in total. The zero-order valence-electron chi connectivity index (χ0n) is 8.84. The SMILES string of the molecule is O=C(O)c1cc(-c2ccc3c(c2Cl)OCO3)no1. The maximum Gasteiger partial charge on any atom is 0.374 e. The minimum absolute atomic E-state index is 0.109. The third-order valence-corrected chi connectivity index (χ3v) is 2.85. The van der Waals surface area contributed by atoms with E-state index in [-0.39, 0.29) is 12.6 Å². The number of nitrogens with zero attached hydrogens (tertiary/aromatic N) is 1. The van der Waals surface area contributed by atoms with Crippen molar-refractivity contribution in [3.8, 4) is 22.8 Å². The van der Waals surface area contributed by atoms with Gasteiger partial charge >= 0.3 is 5.97 Å². The molecule has 2 heterocycles. The molecule has 0 fully saturated rings. The Kier molecular flexibility index (Phi) is 2.38. The van der Waals surface area contributed by atoms with Gasteiger partial charge < -0.3 is 19.1 Å². The summed E-state index contributed by atoms with van der Waals surface area (Å²) in [6.07, 6.45) is 0. The number of rotatable bonds is 2. The summed E-state index contributed by atoms with van der Waals surface area (Å²) in [5.41, 5.74) is 0.855. The first kappa shape index (κ1) is 10.9. The van der Waals surface area contributed by atoms with Crippen molar-refractivity contribution in [3.63, 3.8) is 0 Å². The second-order valence-corrected chi connectivity index (χ2v) is 3.92. The Labute approximate surface area is 106 Å². The fraction of sp³-hybridized carbons (Fsp3) is 0.0909. The molecule has 2 aromatic rings. The molecule has 0 bridgehead atoms. The molecule has 0 spiro atoms. The van der Waals surface area contributed by atoms with Gasteiger partial charge in [0, 0.05) is 11.6 Å². The Morgan fingerprint density at radius 3 is 2.94 bits per heavy atom. The highest BCUT2D eigenvalue weighted by Crippen LogP contribution is 2.44. The van der Waals surface area contributed by atoms with E-state index in [9.17, 15) is 4.79 Å². The summed E-state index contributed by atoms with van der Waals surface area (Å²) in [4.78, 5) is 10.7. The molecule has 0 aliphatic carbocycles. The monoisotopic (exact) mass is 267 g/mol. The van der Waals surface area contributed by atoms with Crippen LogP contribution in [0.25, 0.3) is 11.3 Å². The quantitative estimate of drug-likeness (QED) is 0.900. The predicted octanol–water partition coefficient (Wildman–Crippen LogP) is 2.42. The maximum absolute atomic E-state index is 10.7. The Hall–Kier alpha value is -2.21. The van der Waals surface area contributed by atoms with Crippen LogP contribution in [0.15, 0.2) is 22.7 Å². The van der Waals surface area contributed by atoms with Crippen LogP contribution in [-0.2, 0) is 0 Å². The van der Waals surface area contributed by atoms with Gasteiger partial charge in [-0.1, -0.05) is 16.8 Å². The summed E-state index contributed by atoms with van der Waals surface area (Å²) in [5, 5.41) is 12.7. The highest BCUT2D eigenvalue weighted by Gasteiger charge is 2.22. The molecule has 0 radical (unpaired) electrons. The molecule has 0 saturated carbocycles. The van der Waals surface area contributed by atoms with E-state index in [1.54, 1.807) is 12.1 Å². The van der Waals surface area contributed by atoms with Gasteiger partial charge in [-0.2, -0.15) is 0 Å². The molecule has 0 amide bonds. The third kappa shape index (κ3) is 1.58. The van der Waals surface area contributed by atoms with Gasteiger partial charge in [0.2, 0.25) is 12.6 Å². The van der Waals surface area contributed by atoms with E-state index in [1.165, 1.54) is 6.07 Å². The molecular weight excluding hydrogens is 262 g/mol. The largest absolute Gasteiger partial charge is 0.475 e. The number of carboxylic acids is 1. The van der Waals surface area contributed by atoms with Gasteiger partial charge in [-0.3, -0.25) is 0 Å². The van der Waals surface area contributed by atoms with Gasteiger partial charge in [0.1, 0.15) is 5.69 Å². The number of hydrogen-bond acceptors (Lipinski definition) is 5. The summed E-state index contributed by atoms with van der Waals surface area (Å²) < 4.78 is 15.1. The van der Waals surface area contributed by atoms with Crippen molar-refractivity contribution in [1.29, 1.82) is 0 Å². The lowest BCUT2D eigenvalue weighted by Crippen LogP contribution is -1.93. The first-order valence-corrected chi connectivity index (χ1v) is 5.33. The van der Waals surface area contributed by atoms with Crippen LogP contribution in [0, 0.1) is 0 Å². The van der Waals surface area contributed by atoms with Crippen molar-refractivity contribution in [2.24, 2.45) is 0 Å². The van der Waals surface area contributed by atoms with Crippen LogP contribution in [0.2, 0.25) is 5.02 Å². The number of ether oxygens (including phenoxy) is 2. The predicted molar refractivity (Wildman–Crippen MR) is 60.0 cm³/mol. The van der Waals surface area contributed by atoms with E-state index in [1.807, 2.05) is 0 Å². The Morgan fingerprint density at radius 2 is 2.22 bits per heavy atom. The molecule has 7 heteroatoms. The van der Waals surface area contributed by atoms with Crippen LogP contribution in [0.4, 0.5) is 0 Å². The average molecular weight is 268 g/mol. The van der Waals surface area contributed by atoms with E-state index < -0.39 is 5.97 Å². The number of benzene rings is 1. The molecule has 0 unspecified atom stereocenters. The van der Waals surface area contributed by atoms with Crippen molar-refractivity contribution < 1.29 is 23.9 Å². The fourth-order valence-corrected chi connectivity index (χ4v) is 1.95. The zero-order chi connectivity index (χ0) is 12.7. The number of aromatic nitrogens is 1. The van der Waals surface area contributed by atoms with Crippen molar-refractivity contribution in [2.45, 2.75) is 0 Å². The lowest BCUT2D eigenvalue weighted by Gasteiger charge is -2.03. The molecule has 1 aliphatic heterocycles. The van der Waals surface area contributed by atoms with E-state index in [4.69, 9.17) is 26.2 Å². The standard InChI is InChI=1S/C11H6ClNO5/c12-9-5(1-2-7-10(9)17-4-16-7)6-3-8(11(14)15)18-13-6/h1-3H,4H2,(H,14,15). The molecule has 18 heavy (non-hydrogen) atoms. The molecule has 1 aliphatic rings. The lowest BCUT2D eigenvalue weighted by atomic mass is 10.1. The van der Waals surface area contributed by atoms with Crippen LogP contribution in [0.1, 0.15) is 10.6 Å². The van der Waals surface area contributed by atoms with Crippen molar-refractivity contribution in [3.05, 3.63) is 29.0 Å². The average Bonchev–Trinajstić information content (AvgIpc) is 2.97. The zero-order valence-corrected chi connectivity index (χ0v) is 9.60. The number of hydrogen-bond donors (Lipinski definition) is 1. The van der Waals surface area contributed by atoms with E-state index in [0.717, 1.165) is 0 Å². The number of halogens is 1. The third-order valence-electron chi connectivity index (χ3n) is 2.48. The minimum Gasteiger partial charge on any atom is -0.475 e. The van der Waals surface area contributed by atoms with Crippen LogP contribution < -0.4 is 9.47 Å². The van der Waals surface area contributed by atoms with Gasteiger partial charge in [-0.05, 0) is 12.1 Å². The highest BCUT2D eigenvalue weighted by atomic mass is 35.5. The van der Waals surface area contributed by atoms with Crippen molar-refractivity contribution >= 4 is 17.6 Å². The van der Waals surface area contributed by atoms with Gasteiger partial charge in [-0.25, -0.2) is 4.79 Å². The molecule has 1 aromatic heterocycles. The lowest BCUT2D eigenvalue weighted by molar-refractivity contribution is 0.0652. The second-order valence-electron chi connectivity index (χ2n) is 3.54. The Bertz CT molecular complexity index is 636. The summed E-state index contributed by atoms with van der Waals surface area (Å²) in [5.74, 6) is -0.468. The molecule has 1 N–H and O–H groups in total. The van der Waals surface area contributed by atoms with Crippen LogP contribution in [-0.4, -0.2) is 23.0 Å². The molecule has 1 aromatic carbocycles. The topological polar surface area (TPSA) is 81.8 Å². The smallest absolute Gasteiger partial charge is 0.374 e. The number of aromatic carboxylic acids is 1. The first-order valence-electron chi connectivity index (χ1n) is 4.95. The molecular formula is C11H6ClNO5. The number of fused-ring (bicyclic) bond motifs is 1. The van der Waals surface area contributed by atoms with Crippen LogP contribution in [0.3, 0.4) is 0 Å².